The summed E-state index contributed by atoms with van der Waals surface area (Å²) in [6, 6.07) is 0. The van der Waals surface area contributed by atoms with Crippen LogP contribution in [0.1, 0.15) is 12.8 Å². The van der Waals surface area contributed by atoms with E-state index in [1.54, 1.807) is 0 Å². The van der Waals surface area contributed by atoms with Crippen molar-refractivity contribution in [3.63, 3.8) is 0 Å². The molecule has 0 amide bonds. The number of nitrogens with two attached hydrogens (primary N) is 1. The third-order valence-corrected chi connectivity index (χ3v) is 3.47. The standard InChI is InChI=1S/C10H13NS/c11-9-5-3-8(4-6-9)10-2-1-7-12-10/h2-3,5-6,8H,1,4,7,11H2. The summed E-state index contributed by atoms with van der Waals surface area (Å²) in [5, 5.41) is 0. The van der Waals surface area contributed by atoms with Crippen LogP contribution < -0.4 is 5.73 Å². The van der Waals surface area contributed by atoms with Crippen LogP contribution in [0.15, 0.2) is 34.9 Å². The molecule has 0 bridgehead atoms. The minimum Gasteiger partial charge on any atom is -0.399 e. The first-order valence-corrected chi connectivity index (χ1v) is 5.31. The van der Waals surface area contributed by atoms with Crippen molar-refractivity contribution >= 4 is 11.8 Å². The van der Waals surface area contributed by atoms with E-state index < -0.39 is 0 Å². The van der Waals surface area contributed by atoms with Gasteiger partial charge in [0.2, 0.25) is 0 Å². The number of hydrogen-bond acceptors (Lipinski definition) is 2. The molecule has 0 aromatic carbocycles. The molecule has 64 valence electrons. The summed E-state index contributed by atoms with van der Waals surface area (Å²) in [5.74, 6) is 1.88. The molecule has 1 unspecified atom stereocenters. The monoisotopic (exact) mass is 179 g/mol. The van der Waals surface area contributed by atoms with Gasteiger partial charge in [0.15, 0.2) is 0 Å². The Morgan fingerprint density at radius 1 is 1.42 bits per heavy atom. The van der Waals surface area contributed by atoms with Crippen molar-refractivity contribution in [2.45, 2.75) is 12.8 Å². The fraction of sp³-hybridized carbons (Fsp3) is 0.400. The number of allylic oxidation sites excluding steroid dienone is 5. The van der Waals surface area contributed by atoms with Crippen LogP contribution in [0.2, 0.25) is 0 Å². The van der Waals surface area contributed by atoms with E-state index in [-0.39, 0.29) is 0 Å². The van der Waals surface area contributed by atoms with E-state index in [1.165, 1.54) is 17.1 Å². The number of hydrogen-bond donors (Lipinski definition) is 1. The van der Waals surface area contributed by atoms with Crippen molar-refractivity contribution in [1.82, 2.24) is 0 Å². The molecule has 0 radical (unpaired) electrons. The molecule has 2 N–H and O–H groups in total. The average molecular weight is 179 g/mol. The lowest BCUT2D eigenvalue weighted by molar-refractivity contribution is 0.799. The van der Waals surface area contributed by atoms with Crippen molar-refractivity contribution in [3.8, 4) is 0 Å². The minimum atomic E-state index is 0.616. The predicted octanol–water partition coefficient (Wildman–Crippen LogP) is 2.43. The van der Waals surface area contributed by atoms with Gasteiger partial charge in [0.05, 0.1) is 0 Å². The second kappa shape index (κ2) is 3.40. The molecule has 0 aromatic rings. The van der Waals surface area contributed by atoms with Crippen molar-refractivity contribution in [3.05, 3.63) is 34.9 Å². The molecule has 2 rings (SSSR count). The van der Waals surface area contributed by atoms with Gasteiger partial charge in [-0.2, -0.15) is 0 Å². The zero-order valence-corrected chi connectivity index (χ0v) is 7.81. The topological polar surface area (TPSA) is 26.0 Å². The third-order valence-electron chi connectivity index (χ3n) is 2.23. The largest absolute Gasteiger partial charge is 0.399 e. The normalized spacial score (nSPS) is 28.5. The Kier molecular flexibility index (Phi) is 2.26. The summed E-state index contributed by atoms with van der Waals surface area (Å²) in [6.45, 7) is 0. The molecule has 0 spiro atoms. The van der Waals surface area contributed by atoms with Gasteiger partial charge < -0.3 is 5.73 Å². The predicted molar refractivity (Wildman–Crippen MR) is 54.7 cm³/mol. The molecule has 1 atom stereocenters. The molecule has 2 aliphatic rings. The van der Waals surface area contributed by atoms with Crippen LogP contribution >= 0.6 is 11.8 Å². The average Bonchev–Trinajstić information content (AvgIpc) is 2.58. The Morgan fingerprint density at radius 3 is 2.92 bits per heavy atom. The lowest BCUT2D eigenvalue weighted by Crippen LogP contribution is -2.04. The summed E-state index contributed by atoms with van der Waals surface area (Å²) in [5.41, 5.74) is 6.56. The summed E-state index contributed by atoms with van der Waals surface area (Å²) >= 11 is 1.99. The first-order valence-electron chi connectivity index (χ1n) is 4.33. The molecular weight excluding hydrogens is 166 g/mol. The Labute approximate surface area is 77.4 Å². The van der Waals surface area contributed by atoms with Gasteiger partial charge in [0.1, 0.15) is 0 Å². The van der Waals surface area contributed by atoms with Crippen LogP contribution in [0.4, 0.5) is 0 Å². The molecule has 1 nitrogen and oxygen atoms in total. The summed E-state index contributed by atoms with van der Waals surface area (Å²) in [6.07, 6.45) is 11.0. The second-order valence-corrected chi connectivity index (χ2v) is 4.32. The van der Waals surface area contributed by atoms with Gasteiger partial charge in [-0.3, -0.25) is 0 Å². The van der Waals surface area contributed by atoms with Crippen LogP contribution in [-0.2, 0) is 0 Å². The molecule has 2 heteroatoms. The molecule has 1 aliphatic heterocycles. The highest BCUT2D eigenvalue weighted by Gasteiger charge is 2.15. The van der Waals surface area contributed by atoms with Crippen LogP contribution in [0.5, 0.6) is 0 Å². The Morgan fingerprint density at radius 2 is 2.33 bits per heavy atom. The van der Waals surface area contributed by atoms with Gasteiger partial charge in [0.25, 0.3) is 0 Å². The van der Waals surface area contributed by atoms with Gasteiger partial charge in [-0.05, 0) is 23.8 Å². The van der Waals surface area contributed by atoms with E-state index in [0.717, 1.165) is 12.1 Å². The van der Waals surface area contributed by atoms with E-state index in [0.29, 0.717) is 5.92 Å². The Hall–Kier alpha value is -0.630. The van der Waals surface area contributed by atoms with Crippen molar-refractivity contribution in [2.24, 2.45) is 11.7 Å². The molecule has 0 saturated carbocycles. The lowest BCUT2D eigenvalue weighted by atomic mass is 9.98. The van der Waals surface area contributed by atoms with Crippen molar-refractivity contribution in [1.29, 1.82) is 0 Å². The first kappa shape index (κ1) is 7.99. The van der Waals surface area contributed by atoms with Gasteiger partial charge >= 0.3 is 0 Å². The van der Waals surface area contributed by atoms with Gasteiger partial charge in [0, 0.05) is 17.4 Å². The number of thioether (sulfide) groups is 1. The smallest absolute Gasteiger partial charge is 0.0270 e. The van der Waals surface area contributed by atoms with Crippen molar-refractivity contribution < 1.29 is 0 Å². The van der Waals surface area contributed by atoms with E-state index in [2.05, 4.69) is 18.2 Å². The molecule has 0 aromatic heterocycles. The van der Waals surface area contributed by atoms with Crippen LogP contribution in [-0.4, -0.2) is 5.75 Å². The van der Waals surface area contributed by atoms with Gasteiger partial charge in [-0.25, -0.2) is 0 Å². The third kappa shape index (κ3) is 1.58. The van der Waals surface area contributed by atoms with E-state index in [9.17, 15) is 0 Å². The summed E-state index contributed by atoms with van der Waals surface area (Å²) in [7, 11) is 0. The van der Waals surface area contributed by atoms with Crippen LogP contribution in [0.25, 0.3) is 0 Å². The number of rotatable bonds is 1. The summed E-state index contributed by atoms with van der Waals surface area (Å²) < 4.78 is 0. The fourth-order valence-corrected chi connectivity index (χ4v) is 2.64. The SMILES string of the molecule is NC1=CCC(C2=CCCS2)C=C1. The highest BCUT2D eigenvalue weighted by molar-refractivity contribution is 8.03. The molecule has 0 fully saturated rings. The first-order chi connectivity index (χ1) is 5.86. The Bertz CT molecular complexity index is 263. The van der Waals surface area contributed by atoms with Gasteiger partial charge in [-0.15, -0.1) is 11.8 Å². The summed E-state index contributed by atoms with van der Waals surface area (Å²) in [4.78, 5) is 1.54. The zero-order valence-electron chi connectivity index (χ0n) is 6.99. The maximum atomic E-state index is 5.64. The Balaban J connectivity index is 2.04. The zero-order chi connectivity index (χ0) is 8.39. The van der Waals surface area contributed by atoms with E-state index in [4.69, 9.17) is 5.73 Å². The highest BCUT2D eigenvalue weighted by atomic mass is 32.2. The van der Waals surface area contributed by atoms with E-state index >= 15 is 0 Å². The molecule has 12 heavy (non-hydrogen) atoms. The lowest BCUT2D eigenvalue weighted by Gasteiger charge is -2.14. The van der Waals surface area contributed by atoms with Crippen molar-refractivity contribution in [2.75, 3.05) is 5.75 Å². The quantitative estimate of drug-likeness (QED) is 0.669. The molecule has 1 heterocycles. The van der Waals surface area contributed by atoms with Gasteiger partial charge in [-0.1, -0.05) is 18.2 Å². The maximum absolute atomic E-state index is 5.64. The van der Waals surface area contributed by atoms with E-state index in [1.807, 2.05) is 17.8 Å². The second-order valence-electron chi connectivity index (χ2n) is 3.15. The molecule has 1 aliphatic carbocycles. The maximum Gasteiger partial charge on any atom is 0.0270 e. The van der Waals surface area contributed by atoms with Crippen LogP contribution in [0, 0.1) is 5.92 Å². The fourth-order valence-electron chi connectivity index (χ4n) is 1.54. The van der Waals surface area contributed by atoms with Crippen LogP contribution in [0.3, 0.4) is 0 Å². The molecular formula is C10H13NS. The minimum absolute atomic E-state index is 0.616. The molecule has 0 saturated heterocycles. The highest BCUT2D eigenvalue weighted by Crippen LogP contribution is 2.35.